The largest absolute Gasteiger partial charge is 0.382 e. The molecule has 1 N–H and O–H groups in total. The van der Waals surface area contributed by atoms with Crippen molar-refractivity contribution < 1.29 is 0 Å². The average molecular weight is 310 g/mol. The fraction of sp³-hybridized carbons (Fsp3) is 0.625. The summed E-state index contributed by atoms with van der Waals surface area (Å²) < 4.78 is 1.20. The molecule has 18 heavy (non-hydrogen) atoms. The van der Waals surface area contributed by atoms with Gasteiger partial charge in [0.05, 0.1) is 0 Å². The lowest BCUT2D eigenvalue weighted by atomic mass is 9.79. The summed E-state index contributed by atoms with van der Waals surface area (Å²) in [4.78, 5) is 0. The van der Waals surface area contributed by atoms with Crippen molar-refractivity contribution in [3.05, 3.63) is 28.2 Å². The van der Waals surface area contributed by atoms with Crippen molar-refractivity contribution in [1.29, 1.82) is 0 Å². The van der Waals surface area contributed by atoms with Crippen molar-refractivity contribution >= 4 is 21.6 Å². The van der Waals surface area contributed by atoms with Crippen LogP contribution in [0.4, 0.5) is 5.69 Å². The van der Waals surface area contributed by atoms with Gasteiger partial charge in [-0.2, -0.15) is 0 Å². The summed E-state index contributed by atoms with van der Waals surface area (Å²) in [7, 11) is 0. The van der Waals surface area contributed by atoms with Crippen LogP contribution in [0.25, 0.3) is 0 Å². The number of benzene rings is 1. The third-order valence-corrected chi connectivity index (χ3v) is 5.11. The van der Waals surface area contributed by atoms with Gasteiger partial charge in [-0.1, -0.05) is 35.8 Å². The number of hydrogen-bond donors (Lipinski definition) is 1. The number of nitrogens with one attached hydrogen (secondary N) is 1. The summed E-state index contributed by atoms with van der Waals surface area (Å²) in [5.41, 5.74) is 2.55. The Morgan fingerprint density at radius 3 is 2.39 bits per heavy atom. The van der Waals surface area contributed by atoms with E-state index >= 15 is 0 Å². The number of halogens is 1. The molecule has 1 nitrogen and oxygen atoms in total. The molecule has 0 bridgehead atoms. The second kappa shape index (κ2) is 6.10. The van der Waals surface area contributed by atoms with E-state index in [1.54, 1.807) is 0 Å². The fourth-order valence-corrected chi connectivity index (χ4v) is 3.23. The van der Waals surface area contributed by atoms with E-state index in [0.717, 1.165) is 11.8 Å². The maximum atomic E-state index is 3.68. The Morgan fingerprint density at radius 2 is 1.83 bits per heavy atom. The smallest absolute Gasteiger partial charge is 0.0353 e. The number of anilines is 1. The Morgan fingerprint density at radius 1 is 1.17 bits per heavy atom. The normalized spacial score (nSPS) is 24.3. The Bertz CT molecular complexity index is 392. The summed E-state index contributed by atoms with van der Waals surface area (Å²) >= 11 is 3.60. The molecule has 0 aromatic heterocycles. The van der Waals surface area contributed by atoms with Gasteiger partial charge in [-0.05, 0) is 62.1 Å². The van der Waals surface area contributed by atoms with Gasteiger partial charge in [-0.15, -0.1) is 0 Å². The lowest BCUT2D eigenvalue weighted by molar-refractivity contribution is 0.267. The maximum Gasteiger partial charge on any atom is 0.0353 e. The highest BCUT2D eigenvalue weighted by atomic mass is 79.9. The van der Waals surface area contributed by atoms with Crippen LogP contribution in [0.3, 0.4) is 0 Å². The average Bonchev–Trinajstić information content (AvgIpc) is 2.34. The minimum Gasteiger partial charge on any atom is -0.382 e. The molecule has 0 radical (unpaired) electrons. The molecule has 1 saturated carbocycles. The van der Waals surface area contributed by atoms with Crippen LogP contribution in [0, 0.1) is 18.8 Å². The minimum atomic E-state index is 0.662. The Hall–Kier alpha value is -0.500. The summed E-state index contributed by atoms with van der Waals surface area (Å²) in [6.45, 7) is 6.84. The van der Waals surface area contributed by atoms with Gasteiger partial charge in [0.2, 0.25) is 0 Å². The molecule has 1 aromatic rings. The molecular weight excluding hydrogens is 286 g/mol. The molecule has 100 valence electrons. The fourth-order valence-electron chi connectivity index (χ4n) is 2.85. The van der Waals surface area contributed by atoms with E-state index in [1.165, 1.54) is 41.4 Å². The highest BCUT2D eigenvalue weighted by Crippen LogP contribution is 2.31. The molecule has 1 aliphatic rings. The second-order valence-corrected chi connectivity index (χ2v) is 6.82. The van der Waals surface area contributed by atoms with Crippen LogP contribution >= 0.6 is 15.9 Å². The molecular formula is C16H24BrN. The predicted molar refractivity (Wildman–Crippen MR) is 83.1 cm³/mol. The van der Waals surface area contributed by atoms with Gasteiger partial charge in [0.25, 0.3) is 0 Å². The van der Waals surface area contributed by atoms with Crippen LogP contribution in [0.1, 0.15) is 45.1 Å². The van der Waals surface area contributed by atoms with Crippen LogP contribution in [0.15, 0.2) is 22.7 Å². The zero-order valence-corrected chi connectivity index (χ0v) is 13.3. The van der Waals surface area contributed by atoms with E-state index in [4.69, 9.17) is 0 Å². The summed E-state index contributed by atoms with van der Waals surface area (Å²) in [6, 6.07) is 7.22. The number of hydrogen-bond acceptors (Lipinski definition) is 1. The van der Waals surface area contributed by atoms with Crippen molar-refractivity contribution in [3.63, 3.8) is 0 Å². The van der Waals surface area contributed by atoms with Gasteiger partial charge in [-0.3, -0.25) is 0 Å². The first-order valence-corrected chi connectivity index (χ1v) is 7.88. The summed E-state index contributed by atoms with van der Waals surface area (Å²) in [6.07, 6.45) is 5.38. The minimum absolute atomic E-state index is 0.662. The molecule has 0 atom stereocenters. The molecule has 1 aliphatic carbocycles. The lowest BCUT2D eigenvalue weighted by Gasteiger charge is -2.32. The molecule has 0 unspecified atom stereocenters. The molecule has 2 rings (SSSR count). The van der Waals surface area contributed by atoms with Crippen molar-refractivity contribution in [2.24, 2.45) is 11.8 Å². The van der Waals surface area contributed by atoms with Gasteiger partial charge < -0.3 is 5.32 Å². The topological polar surface area (TPSA) is 12.0 Å². The summed E-state index contributed by atoms with van der Waals surface area (Å²) in [5, 5.41) is 3.68. The zero-order valence-electron chi connectivity index (χ0n) is 11.7. The molecule has 0 amide bonds. The third kappa shape index (κ3) is 3.50. The Labute approximate surface area is 119 Å². The van der Waals surface area contributed by atoms with Crippen molar-refractivity contribution in [2.45, 2.75) is 52.5 Å². The highest BCUT2D eigenvalue weighted by Gasteiger charge is 2.22. The van der Waals surface area contributed by atoms with Crippen LogP contribution in [-0.2, 0) is 0 Å². The van der Waals surface area contributed by atoms with E-state index in [9.17, 15) is 0 Å². The van der Waals surface area contributed by atoms with Gasteiger partial charge in [-0.25, -0.2) is 0 Å². The third-order valence-electron chi connectivity index (χ3n) is 4.26. The first kappa shape index (κ1) is 13.9. The van der Waals surface area contributed by atoms with Gasteiger partial charge >= 0.3 is 0 Å². The molecule has 1 fully saturated rings. The number of aryl methyl sites for hydroxylation is 1. The van der Waals surface area contributed by atoms with E-state index < -0.39 is 0 Å². The van der Waals surface area contributed by atoms with Crippen LogP contribution in [0.2, 0.25) is 0 Å². The standard InChI is InChI=1S/C16H24BrN/c1-11(2)13-5-8-14(9-6-13)18-15-7-4-12(3)16(17)10-15/h4,7,10-11,13-14,18H,5-6,8-9H2,1-3H3. The predicted octanol–water partition coefficient (Wildman–Crippen LogP) is 5.38. The van der Waals surface area contributed by atoms with Gasteiger partial charge in [0, 0.05) is 16.2 Å². The Kier molecular flexibility index (Phi) is 4.71. The second-order valence-electron chi connectivity index (χ2n) is 5.96. The molecule has 2 heteroatoms. The summed E-state index contributed by atoms with van der Waals surface area (Å²) in [5.74, 6) is 1.78. The van der Waals surface area contributed by atoms with E-state index in [1.807, 2.05) is 0 Å². The van der Waals surface area contributed by atoms with Crippen molar-refractivity contribution in [2.75, 3.05) is 5.32 Å². The van der Waals surface area contributed by atoms with E-state index in [2.05, 4.69) is 60.2 Å². The lowest BCUT2D eigenvalue weighted by Crippen LogP contribution is -2.27. The molecule has 0 spiro atoms. The van der Waals surface area contributed by atoms with Crippen LogP contribution in [0.5, 0.6) is 0 Å². The van der Waals surface area contributed by atoms with Crippen molar-refractivity contribution in [1.82, 2.24) is 0 Å². The first-order chi connectivity index (χ1) is 8.56. The van der Waals surface area contributed by atoms with Crippen molar-refractivity contribution in [3.8, 4) is 0 Å². The first-order valence-electron chi connectivity index (χ1n) is 7.09. The molecule has 0 saturated heterocycles. The highest BCUT2D eigenvalue weighted by molar-refractivity contribution is 9.10. The molecule has 0 heterocycles. The Balaban J connectivity index is 1.89. The van der Waals surface area contributed by atoms with Crippen LogP contribution < -0.4 is 5.32 Å². The number of rotatable bonds is 3. The van der Waals surface area contributed by atoms with E-state index in [-0.39, 0.29) is 0 Å². The molecule has 1 aromatic carbocycles. The maximum absolute atomic E-state index is 3.68. The monoisotopic (exact) mass is 309 g/mol. The SMILES string of the molecule is Cc1ccc(NC2CCC(C(C)C)CC2)cc1Br. The quantitative estimate of drug-likeness (QED) is 0.790. The molecule has 0 aliphatic heterocycles. The zero-order chi connectivity index (χ0) is 13.1. The van der Waals surface area contributed by atoms with E-state index in [0.29, 0.717) is 6.04 Å². The van der Waals surface area contributed by atoms with Gasteiger partial charge in [0.1, 0.15) is 0 Å². The van der Waals surface area contributed by atoms with Crippen LogP contribution in [-0.4, -0.2) is 6.04 Å². The van der Waals surface area contributed by atoms with Gasteiger partial charge in [0.15, 0.2) is 0 Å².